The minimum absolute atomic E-state index is 0.302. The number of aromatic nitrogens is 1. The molecule has 3 rings (SSSR count). The van der Waals surface area contributed by atoms with Crippen molar-refractivity contribution in [1.82, 2.24) is 20.5 Å². The van der Waals surface area contributed by atoms with Crippen LogP contribution in [0.1, 0.15) is 45.4 Å². The Labute approximate surface area is 178 Å². The summed E-state index contributed by atoms with van der Waals surface area (Å²) in [4.78, 5) is 25.5. The number of aliphatic imine (C=N–C) groups is 1. The second-order valence-corrected chi connectivity index (χ2v) is 8.10. The third-order valence-electron chi connectivity index (χ3n) is 5.44. The van der Waals surface area contributed by atoms with Crippen LogP contribution in [-0.2, 0) is 4.79 Å². The van der Waals surface area contributed by atoms with Gasteiger partial charge in [-0.2, -0.15) is 0 Å². The van der Waals surface area contributed by atoms with Crippen molar-refractivity contribution in [2.45, 2.75) is 51.5 Å². The monoisotopic (exact) mass is 420 g/mol. The molecule has 0 bridgehead atoms. The molecule has 2 saturated heterocycles. The number of anilines is 1. The number of halogens is 1. The molecule has 2 aliphatic heterocycles. The molecule has 0 saturated carbocycles. The second kappa shape index (κ2) is 11.2. The first-order valence-corrected chi connectivity index (χ1v) is 11.2. The number of carbonyl (C=O) groups excluding carboxylic acids is 1. The van der Waals surface area contributed by atoms with E-state index in [1.165, 1.54) is 0 Å². The van der Waals surface area contributed by atoms with Gasteiger partial charge in [-0.3, -0.25) is 9.79 Å². The average molecular weight is 421 g/mol. The molecule has 3 heterocycles. The van der Waals surface area contributed by atoms with Crippen molar-refractivity contribution in [3.8, 4) is 0 Å². The summed E-state index contributed by atoms with van der Waals surface area (Å²) in [5, 5.41) is 7.56. The van der Waals surface area contributed by atoms with Crippen molar-refractivity contribution < 1.29 is 4.79 Å². The molecule has 160 valence electrons. The Hall–Kier alpha value is -2.02. The van der Waals surface area contributed by atoms with Crippen molar-refractivity contribution in [3.63, 3.8) is 0 Å². The Bertz CT molecular complexity index is 698. The molecule has 2 N–H and O–H groups in total. The second-order valence-electron chi connectivity index (χ2n) is 7.69. The van der Waals surface area contributed by atoms with E-state index < -0.39 is 0 Å². The third kappa shape index (κ3) is 6.49. The van der Waals surface area contributed by atoms with E-state index >= 15 is 0 Å². The first-order chi connectivity index (χ1) is 14.2. The number of guanidine groups is 1. The molecule has 0 aromatic carbocycles. The number of amides is 1. The van der Waals surface area contributed by atoms with Crippen LogP contribution in [0.25, 0.3) is 0 Å². The summed E-state index contributed by atoms with van der Waals surface area (Å²) in [6.45, 7) is 7.07. The topological polar surface area (TPSA) is 72.9 Å². The SMILES string of the molecule is CCNC(=NCCCN1CCCCCC1=O)NC1CCN(c2ncccc2Cl)C1. The van der Waals surface area contributed by atoms with E-state index in [2.05, 4.69) is 27.4 Å². The molecular formula is C21H33ClN6O. The standard InChI is InChI=1S/C21H33ClN6O/c1-2-23-21(25-12-7-14-27-13-5-3-4-9-19(27)29)26-17-10-15-28(16-17)20-18(22)8-6-11-24-20/h6,8,11,17H,2-5,7,9-10,12-16H2,1H3,(H2,23,25,26). The average Bonchev–Trinajstić information content (AvgIpc) is 3.07. The van der Waals surface area contributed by atoms with Gasteiger partial charge in [-0.05, 0) is 44.7 Å². The molecule has 1 aromatic heterocycles. The van der Waals surface area contributed by atoms with Gasteiger partial charge in [0.1, 0.15) is 5.82 Å². The summed E-state index contributed by atoms with van der Waals surface area (Å²) in [5.74, 6) is 1.99. The van der Waals surface area contributed by atoms with Crippen LogP contribution in [0.4, 0.5) is 5.82 Å². The van der Waals surface area contributed by atoms with Gasteiger partial charge in [0.05, 0.1) is 5.02 Å². The lowest BCUT2D eigenvalue weighted by Gasteiger charge is -2.21. The number of nitrogens with zero attached hydrogens (tertiary/aromatic N) is 4. The van der Waals surface area contributed by atoms with Gasteiger partial charge in [-0.25, -0.2) is 4.98 Å². The van der Waals surface area contributed by atoms with E-state index in [0.717, 1.165) is 76.6 Å². The van der Waals surface area contributed by atoms with Crippen LogP contribution in [0.5, 0.6) is 0 Å². The molecule has 1 amide bonds. The van der Waals surface area contributed by atoms with Crippen molar-refractivity contribution in [3.05, 3.63) is 23.4 Å². The van der Waals surface area contributed by atoms with Gasteiger partial charge in [0.25, 0.3) is 0 Å². The van der Waals surface area contributed by atoms with Crippen molar-refractivity contribution in [2.75, 3.05) is 44.2 Å². The Kier molecular flexibility index (Phi) is 8.40. The van der Waals surface area contributed by atoms with E-state index in [0.29, 0.717) is 29.9 Å². The fraction of sp³-hybridized carbons (Fsp3) is 0.667. The zero-order chi connectivity index (χ0) is 20.5. The minimum atomic E-state index is 0.302. The smallest absolute Gasteiger partial charge is 0.222 e. The van der Waals surface area contributed by atoms with Crippen LogP contribution in [0.15, 0.2) is 23.3 Å². The molecule has 0 spiro atoms. The molecule has 0 aliphatic carbocycles. The van der Waals surface area contributed by atoms with Crippen LogP contribution in [0.3, 0.4) is 0 Å². The predicted octanol–water partition coefficient (Wildman–Crippen LogP) is 2.66. The van der Waals surface area contributed by atoms with Gasteiger partial charge in [0.15, 0.2) is 5.96 Å². The van der Waals surface area contributed by atoms with E-state index in [1.54, 1.807) is 6.20 Å². The molecule has 2 fully saturated rings. The molecule has 7 nitrogen and oxygen atoms in total. The lowest BCUT2D eigenvalue weighted by molar-refractivity contribution is -0.130. The number of likely N-dealkylation sites (tertiary alicyclic amines) is 1. The number of carbonyl (C=O) groups is 1. The maximum absolute atomic E-state index is 12.1. The summed E-state index contributed by atoms with van der Waals surface area (Å²) in [7, 11) is 0. The molecule has 1 aromatic rings. The lowest BCUT2D eigenvalue weighted by Crippen LogP contribution is -2.44. The van der Waals surface area contributed by atoms with Gasteiger partial charge in [-0.15, -0.1) is 0 Å². The number of rotatable bonds is 7. The summed E-state index contributed by atoms with van der Waals surface area (Å²) >= 11 is 6.29. The van der Waals surface area contributed by atoms with Crippen LogP contribution >= 0.6 is 11.6 Å². The Morgan fingerprint density at radius 2 is 2.24 bits per heavy atom. The van der Waals surface area contributed by atoms with Crippen molar-refractivity contribution >= 4 is 29.3 Å². The quantitative estimate of drug-likeness (QED) is 0.403. The maximum Gasteiger partial charge on any atom is 0.222 e. The predicted molar refractivity (Wildman–Crippen MR) is 119 cm³/mol. The van der Waals surface area contributed by atoms with E-state index in [-0.39, 0.29) is 0 Å². The van der Waals surface area contributed by atoms with Crippen LogP contribution < -0.4 is 15.5 Å². The zero-order valence-corrected chi connectivity index (χ0v) is 18.1. The van der Waals surface area contributed by atoms with Crippen molar-refractivity contribution in [2.24, 2.45) is 4.99 Å². The Balaban J connectivity index is 1.47. The molecule has 29 heavy (non-hydrogen) atoms. The van der Waals surface area contributed by atoms with E-state index in [4.69, 9.17) is 16.6 Å². The molecule has 2 aliphatic rings. The van der Waals surface area contributed by atoms with Crippen molar-refractivity contribution in [1.29, 1.82) is 0 Å². The molecular weight excluding hydrogens is 388 g/mol. The molecule has 1 unspecified atom stereocenters. The highest BCUT2D eigenvalue weighted by Gasteiger charge is 2.25. The molecule has 8 heteroatoms. The van der Waals surface area contributed by atoms with Crippen LogP contribution in [0.2, 0.25) is 5.02 Å². The van der Waals surface area contributed by atoms with E-state index in [9.17, 15) is 4.79 Å². The van der Waals surface area contributed by atoms with Gasteiger partial charge >= 0.3 is 0 Å². The summed E-state index contributed by atoms with van der Waals surface area (Å²) in [6.07, 6.45) is 7.70. The third-order valence-corrected chi connectivity index (χ3v) is 5.73. The maximum atomic E-state index is 12.1. The summed E-state index contributed by atoms with van der Waals surface area (Å²) in [6, 6.07) is 4.04. The van der Waals surface area contributed by atoms with Crippen LogP contribution in [-0.4, -0.2) is 67.1 Å². The van der Waals surface area contributed by atoms with Gasteiger partial charge in [0.2, 0.25) is 5.91 Å². The molecule has 1 atom stereocenters. The first-order valence-electron chi connectivity index (χ1n) is 10.9. The van der Waals surface area contributed by atoms with Gasteiger partial charge in [-0.1, -0.05) is 18.0 Å². The number of hydrogen-bond acceptors (Lipinski definition) is 4. The fourth-order valence-electron chi connectivity index (χ4n) is 3.92. The van der Waals surface area contributed by atoms with E-state index in [1.807, 2.05) is 17.0 Å². The number of pyridine rings is 1. The fourth-order valence-corrected chi connectivity index (χ4v) is 4.16. The number of nitrogens with one attached hydrogen (secondary N) is 2. The Morgan fingerprint density at radius 3 is 3.07 bits per heavy atom. The van der Waals surface area contributed by atoms with Gasteiger partial charge < -0.3 is 20.4 Å². The first kappa shape index (κ1) is 21.7. The summed E-state index contributed by atoms with van der Waals surface area (Å²) in [5.41, 5.74) is 0. The van der Waals surface area contributed by atoms with Crippen LogP contribution in [0, 0.1) is 0 Å². The highest BCUT2D eigenvalue weighted by atomic mass is 35.5. The van der Waals surface area contributed by atoms with Gasteiger partial charge in [0, 0.05) is 57.9 Å². The largest absolute Gasteiger partial charge is 0.357 e. The minimum Gasteiger partial charge on any atom is -0.357 e. The zero-order valence-electron chi connectivity index (χ0n) is 17.4. The highest BCUT2D eigenvalue weighted by molar-refractivity contribution is 6.32. The number of hydrogen-bond donors (Lipinski definition) is 2. The normalized spacial score (nSPS) is 20.7. The Morgan fingerprint density at radius 1 is 1.34 bits per heavy atom. The molecule has 0 radical (unpaired) electrons. The lowest BCUT2D eigenvalue weighted by atomic mass is 10.2. The summed E-state index contributed by atoms with van der Waals surface area (Å²) < 4.78 is 0. The highest BCUT2D eigenvalue weighted by Crippen LogP contribution is 2.25.